The molecule has 6 heteroatoms. The predicted octanol–water partition coefficient (Wildman–Crippen LogP) is 1.24. The first-order valence-corrected chi connectivity index (χ1v) is 6.04. The molecule has 1 N–H and O–H groups in total. The topological polar surface area (TPSA) is 97.0 Å². The lowest BCUT2D eigenvalue weighted by atomic mass is 9.91. The number of urea groups is 1. The van der Waals surface area contributed by atoms with Crippen molar-refractivity contribution in [3.63, 3.8) is 0 Å². The standard InChI is InChI=1S/C14H12N4O2/c1-14(11-5-2-4-10(8-11)9-16)12(19)18(7-3-6-15)13(20)17-14/h2,4-5,8H,3,7H2,1H3,(H,17,20)/t14-/m1/s1. The number of carbonyl (C=O) groups is 2. The van der Waals surface area contributed by atoms with E-state index in [1.165, 1.54) is 0 Å². The second-order valence-corrected chi connectivity index (χ2v) is 4.61. The van der Waals surface area contributed by atoms with Gasteiger partial charge in [0.05, 0.1) is 24.1 Å². The van der Waals surface area contributed by atoms with Crippen LogP contribution in [0.3, 0.4) is 0 Å². The lowest BCUT2D eigenvalue weighted by Crippen LogP contribution is -2.41. The van der Waals surface area contributed by atoms with Crippen LogP contribution in [0.5, 0.6) is 0 Å². The molecule has 1 aliphatic heterocycles. The Labute approximate surface area is 116 Å². The van der Waals surface area contributed by atoms with Crippen LogP contribution in [0.1, 0.15) is 24.5 Å². The van der Waals surface area contributed by atoms with E-state index in [1.807, 2.05) is 12.1 Å². The number of hydrogen-bond acceptors (Lipinski definition) is 4. The maximum absolute atomic E-state index is 12.4. The van der Waals surface area contributed by atoms with Crippen molar-refractivity contribution in [1.29, 1.82) is 10.5 Å². The van der Waals surface area contributed by atoms with E-state index in [-0.39, 0.29) is 13.0 Å². The molecule has 1 atom stereocenters. The summed E-state index contributed by atoms with van der Waals surface area (Å²) in [6, 6.07) is 9.94. The minimum absolute atomic E-state index is 0.0642. The van der Waals surface area contributed by atoms with Crippen LogP contribution in [0, 0.1) is 22.7 Å². The van der Waals surface area contributed by atoms with Crippen LogP contribution >= 0.6 is 0 Å². The van der Waals surface area contributed by atoms with Gasteiger partial charge in [0, 0.05) is 6.54 Å². The number of nitrogens with one attached hydrogen (secondary N) is 1. The van der Waals surface area contributed by atoms with Crippen LogP contribution in [-0.4, -0.2) is 23.4 Å². The van der Waals surface area contributed by atoms with E-state index in [4.69, 9.17) is 10.5 Å². The van der Waals surface area contributed by atoms with Crippen molar-refractivity contribution in [3.8, 4) is 12.1 Å². The highest BCUT2D eigenvalue weighted by molar-refractivity contribution is 6.07. The Kier molecular flexibility index (Phi) is 3.41. The first kappa shape index (κ1) is 13.6. The second kappa shape index (κ2) is 5.02. The Morgan fingerprint density at radius 3 is 2.75 bits per heavy atom. The average Bonchev–Trinajstić information content (AvgIpc) is 2.68. The molecule has 1 aliphatic rings. The summed E-state index contributed by atoms with van der Waals surface area (Å²) in [5.74, 6) is -0.409. The van der Waals surface area contributed by atoms with Gasteiger partial charge in [0.25, 0.3) is 5.91 Å². The summed E-state index contributed by atoms with van der Waals surface area (Å²) in [5.41, 5.74) is -0.227. The molecule has 6 nitrogen and oxygen atoms in total. The third kappa shape index (κ3) is 2.08. The Balaban J connectivity index is 2.36. The number of amides is 3. The van der Waals surface area contributed by atoms with Crippen LogP contribution in [-0.2, 0) is 10.3 Å². The molecule has 100 valence electrons. The minimum Gasteiger partial charge on any atom is -0.319 e. The van der Waals surface area contributed by atoms with Crippen molar-refractivity contribution in [1.82, 2.24) is 10.2 Å². The SMILES string of the molecule is C[C@]1(c2cccc(C#N)c2)NC(=O)N(CCC#N)C1=O. The molecule has 1 saturated heterocycles. The van der Waals surface area contributed by atoms with E-state index in [9.17, 15) is 9.59 Å². The first-order valence-electron chi connectivity index (χ1n) is 6.04. The van der Waals surface area contributed by atoms with Gasteiger partial charge >= 0.3 is 6.03 Å². The third-order valence-corrected chi connectivity index (χ3v) is 3.29. The largest absolute Gasteiger partial charge is 0.325 e. The van der Waals surface area contributed by atoms with E-state index in [0.29, 0.717) is 11.1 Å². The van der Waals surface area contributed by atoms with Gasteiger partial charge in [-0.15, -0.1) is 0 Å². The Morgan fingerprint density at radius 2 is 2.10 bits per heavy atom. The molecule has 0 saturated carbocycles. The summed E-state index contributed by atoms with van der Waals surface area (Å²) in [6.45, 7) is 1.66. The highest BCUT2D eigenvalue weighted by Crippen LogP contribution is 2.29. The zero-order valence-corrected chi connectivity index (χ0v) is 10.9. The Hall–Kier alpha value is -2.86. The van der Waals surface area contributed by atoms with Gasteiger partial charge in [-0.05, 0) is 24.6 Å². The molecular formula is C14H12N4O2. The van der Waals surface area contributed by atoms with Crippen molar-refractivity contribution < 1.29 is 9.59 Å². The van der Waals surface area contributed by atoms with E-state index in [0.717, 1.165) is 4.90 Å². The molecule has 3 amide bonds. The molecule has 0 unspecified atom stereocenters. The fraction of sp³-hybridized carbons (Fsp3) is 0.286. The smallest absolute Gasteiger partial charge is 0.319 e. The van der Waals surface area contributed by atoms with E-state index >= 15 is 0 Å². The predicted molar refractivity (Wildman–Crippen MR) is 69.0 cm³/mol. The highest BCUT2D eigenvalue weighted by Gasteiger charge is 2.48. The number of rotatable bonds is 3. The molecule has 1 fully saturated rings. The van der Waals surface area contributed by atoms with Crippen molar-refractivity contribution in [2.75, 3.05) is 6.54 Å². The van der Waals surface area contributed by atoms with Crippen molar-refractivity contribution >= 4 is 11.9 Å². The molecule has 0 aliphatic carbocycles. The van der Waals surface area contributed by atoms with E-state index in [1.54, 1.807) is 31.2 Å². The molecule has 0 radical (unpaired) electrons. The summed E-state index contributed by atoms with van der Waals surface area (Å²) < 4.78 is 0. The molecule has 0 spiro atoms. The van der Waals surface area contributed by atoms with Gasteiger partial charge in [0.1, 0.15) is 5.54 Å². The normalized spacial score (nSPS) is 21.2. The molecule has 1 aromatic carbocycles. The number of benzene rings is 1. The number of nitriles is 2. The van der Waals surface area contributed by atoms with Gasteiger partial charge in [-0.2, -0.15) is 10.5 Å². The van der Waals surface area contributed by atoms with E-state index in [2.05, 4.69) is 5.32 Å². The van der Waals surface area contributed by atoms with E-state index < -0.39 is 17.5 Å². The maximum atomic E-state index is 12.4. The molecule has 1 heterocycles. The average molecular weight is 268 g/mol. The number of imide groups is 1. The molecule has 1 aromatic rings. The van der Waals surface area contributed by atoms with Gasteiger partial charge in [-0.3, -0.25) is 9.69 Å². The summed E-state index contributed by atoms with van der Waals surface area (Å²) in [5, 5.41) is 20.1. The van der Waals surface area contributed by atoms with Crippen LogP contribution in [0.15, 0.2) is 24.3 Å². The van der Waals surface area contributed by atoms with Gasteiger partial charge in [0.15, 0.2) is 0 Å². The third-order valence-electron chi connectivity index (χ3n) is 3.29. The lowest BCUT2D eigenvalue weighted by molar-refractivity contribution is -0.131. The number of hydrogen-bond donors (Lipinski definition) is 1. The molecule has 2 rings (SSSR count). The van der Waals surface area contributed by atoms with Gasteiger partial charge in [0.2, 0.25) is 0 Å². The fourth-order valence-corrected chi connectivity index (χ4v) is 2.16. The van der Waals surface area contributed by atoms with Gasteiger partial charge in [-0.25, -0.2) is 4.79 Å². The lowest BCUT2D eigenvalue weighted by Gasteiger charge is -2.22. The number of nitrogens with zero attached hydrogens (tertiary/aromatic N) is 3. The molecule has 20 heavy (non-hydrogen) atoms. The quantitative estimate of drug-likeness (QED) is 0.834. The van der Waals surface area contributed by atoms with Gasteiger partial charge in [-0.1, -0.05) is 12.1 Å². The van der Waals surface area contributed by atoms with Crippen LogP contribution in [0.25, 0.3) is 0 Å². The molecule has 0 bridgehead atoms. The summed E-state index contributed by atoms with van der Waals surface area (Å²) in [7, 11) is 0. The van der Waals surface area contributed by atoms with Crippen molar-refractivity contribution in [2.24, 2.45) is 0 Å². The first-order chi connectivity index (χ1) is 9.52. The fourth-order valence-electron chi connectivity index (χ4n) is 2.16. The Bertz CT molecular complexity index is 656. The zero-order valence-electron chi connectivity index (χ0n) is 10.9. The maximum Gasteiger partial charge on any atom is 0.325 e. The minimum atomic E-state index is -1.20. The second-order valence-electron chi connectivity index (χ2n) is 4.61. The van der Waals surface area contributed by atoms with Crippen LogP contribution in [0.4, 0.5) is 4.79 Å². The van der Waals surface area contributed by atoms with Crippen molar-refractivity contribution in [3.05, 3.63) is 35.4 Å². The summed E-state index contributed by atoms with van der Waals surface area (Å²) in [6.07, 6.45) is 0.0907. The monoisotopic (exact) mass is 268 g/mol. The van der Waals surface area contributed by atoms with Crippen LogP contribution < -0.4 is 5.32 Å². The molecular weight excluding hydrogens is 256 g/mol. The Morgan fingerprint density at radius 1 is 1.35 bits per heavy atom. The van der Waals surface area contributed by atoms with Gasteiger partial charge < -0.3 is 5.32 Å². The summed E-state index contributed by atoms with van der Waals surface area (Å²) >= 11 is 0. The zero-order chi connectivity index (χ0) is 14.8. The van der Waals surface area contributed by atoms with Crippen molar-refractivity contribution in [2.45, 2.75) is 18.9 Å². The highest BCUT2D eigenvalue weighted by atomic mass is 16.2. The molecule has 0 aromatic heterocycles. The van der Waals surface area contributed by atoms with Crippen LogP contribution in [0.2, 0.25) is 0 Å². The summed E-state index contributed by atoms with van der Waals surface area (Å²) in [4.78, 5) is 25.3. The number of carbonyl (C=O) groups excluding carboxylic acids is 2.